The van der Waals surface area contributed by atoms with Gasteiger partial charge in [-0.2, -0.15) is 0 Å². The smallest absolute Gasteiger partial charge is 0.277 e. The van der Waals surface area contributed by atoms with E-state index in [1.54, 1.807) is 27.5 Å². The number of carbonyl (C=O) groups is 1. The molecule has 1 amide bonds. The Bertz CT molecular complexity index is 1370. The maximum atomic E-state index is 13.6. The molecular formula is C27H27N3O4S. The van der Waals surface area contributed by atoms with E-state index in [2.05, 4.69) is 30.1 Å². The summed E-state index contributed by atoms with van der Waals surface area (Å²) in [5.41, 5.74) is 2.82. The molecule has 2 atom stereocenters. The first-order chi connectivity index (χ1) is 17.1. The summed E-state index contributed by atoms with van der Waals surface area (Å²) < 4.78 is 8.10. The molecule has 0 saturated carbocycles. The SMILES string of the molecule is CCC1CCOc2cccc3c2C(c2ccccc2SC3)N2CN(C1)C(=O)c1c(O)c(=O)ccn12. The molecule has 8 heteroatoms. The van der Waals surface area contributed by atoms with E-state index in [0.717, 1.165) is 40.4 Å². The van der Waals surface area contributed by atoms with Crippen molar-refractivity contribution < 1.29 is 14.6 Å². The van der Waals surface area contributed by atoms with Gasteiger partial charge in [-0.25, -0.2) is 0 Å². The Kier molecular flexibility index (Phi) is 5.48. The molecule has 0 fully saturated rings. The lowest BCUT2D eigenvalue weighted by molar-refractivity contribution is 0.0640. The average molecular weight is 490 g/mol. The number of thioether (sulfide) groups is 1. The summed E-state index contributed by atoms with van der Waals surface area (Å²) in [5, 5.41) is 12.9. The van der Waals surface area contributed by atoms with Gasteiger partial charge in [-0.15, -0.1) is 11.8 Å². The van der Waals surface area contributed by atoms with E-state index in [1.165, 1.54) is 11.6 Å². The van der Waals surface area contributed by atoms with Gasteiger partial charge in [0, 0.05) is 35.0 Å². The van der Waals surface area contributed by atoms with Crippen LogP contribution in [0.4, 0.5) is 0 Å². The third kappa shape index (κ3) is 3.58. The number of hydrogen-bond acceptors (Lipinski definition) is 6. The minimum Gasteiger partial charge on any atom is -0.502 e. The van der Waals surface area contributed by atoms with Gasteiger partial charge in [0.2, 0.25) is 5.43 Å². The van der Waals surface area contributed by atoms with Crippen LogP contribution >= 0.6 is 11.8 Å². The fraction of sp³-hybridized carbons (Fsp3) is 0.333. The Labute approximate surface area is 207 Å². The van der Waals surface area contributed by atoms with Crippen LogP contribution in [-0.4, -0.2) is 40.4 Å². The highest BCUT2D eigenvalue weighted by atomic mass is 32.2. The van der Waals surface area contributed by atoms with Crippen molar-refractivity contribution in [2.75, 3.05) is 24.8 Å². The van der Waals surface area contributed by atoms with Crippen molar-refractivity contribution in [3.63, 3.8) is 0 Å². The van der Waals surface area contributed by atoms with Crippen molar-refractivity contribution in [1.29, 1.82) is 0 Å². The molecule has 6 rings (SSSR count). The quantitative estimate of drug-likeness (QED) is 0.555. The van der Waals surface area contributed by atoms with Gasteiger partial charge in [-0.05, 0) is 35.6 Å². The Morgan fingerprint density at radius 3 is 2.83 bits per heavy atom. The second kappa shape index (κ2) is 8.68. The molecule has 35 heavy (non-hydrogen) atoms. The topological polar surface area (TPSA) is 75.0 Å². The lowest BCUT2D eigenvalue weighted by Gasteiger charge is -2.44. The number of hydrogen-bond donors (Lipinski definition) is 1. The number of nitrogens with zero attached hydrogens (tertiary/aromatic N) is 3. The van der Waals surface area contributed by atoms with Gasteiger partial charge in [-0.3, -0.25) is 19.3 Å². The molecule has 2 unspecified atom stereocenters. The number of rotatable bonds is 1. The summed E-state index contributed by atoms with van der Waals surface area (Å²) in [7, 11) is 0. The van der Waals surface area contributed by atoms with E-state index in [4.69, 9.17) is 4.74 Å². The Morgan fingerprint density at radius 2 is 1.97 bits per heavy atom. The van der Waals surface area contributed by atoms with Gasteiger partial charge in [-0.1, -0.05) is 43.7 Å². The number of aromatic nitrogens is 1. The van der Waals surface area contributed by atoms with Crippen molar-refractivity contribution in [1.82, 2.24) is 9.58 Å². The van der Waals surface area contributed by atoms with Crippen molar-refractivity contribution in [3.8, 4) is 11.5 Å². The van der Waals surface area contributed by atoms with Crippen molar-refractivity contribution >= 4 is 17.7 Å². The van der Waals surface area contributed by atoms with Gasteiger partial charge in [0.1, 0.15) is 18.5 Å². The first-order valence-corrected chi connectivity index (χ1v) is 13.0. The molecule has 1 aromatic heterocycles. The Morgan fingerprint density at radius 1 is 1.11 bits per heavy atom. The summed E-state index contributed by atoms with van der Waals surface area (Å²) in [6.07, 6.45) is 3.32. The van der Waals surface area contributed by atoms with Crippen LogP contribution < -0.4 is 15.2 Å². The number of pyridine rings is 1. The predicted molar refractivity (Wildman–Crippen MR) is 135 cm³/mol. The van der Waals surface area contributed by atoms with Crippen molar-refractivity contribution in [3.05, 3.63) is 87.3 Å². The number of ether oxygens (including phenoxy) is 1. The zero-order valence-electron chi connectivity index (χ0n) is 19.5. The second-order valence-electron chi connectivity index (χ2n) is 9.30. The molecule has 180 valence electrons. The molecule has 2 aromatic carbocycles. The van der Waals surface area contributed by atoms with Crippen LogP contribution in [0.15, 0.2) is 64.4 Å². The first kappa shape index (κ1) is 22.1. The van der Waals surface area contributed by atoms with E-state index < -0.39 is 11.2 Å². The molecule has 3 aliphatic heterocycles. The molecule has 3 aliphatic rings. The minimum atomic E-state index is -0.552. The van der Waals surface area contributed by atoms with Gasteiger partial charge in [0.05, 0.1) is 6.61 Å². The highest BCUT2D eigenvalue weighted by Crippen LogP contribution is 2.46. The summed E-state index contributed by atoms with van der Waals surface area (Å²) in [6, 6.07) is 15.6. The van der Waals surface area contributed by atoms with Crippen molar-refractivity contribution in [2.45, 2.75) is 36.5 Å². The monoisotopic (exact) mass is 489 g/mol. The molecule has 3 aromatic rings. The molecule has 0 saturated heterocycles. The Balaban J connectivity index is 1.66. The number of aromatic hydroxyl groups is 1. The van der Waals surface area contributed by atoms with E-state index in [1.807, 2.05) is 24.3 Å². The maximum Gasteiger partial charge on any atom is 0.277 e. The zero-order chi connectivity index (χ0) is 24.1. The summed E-state index contributed by atoms with van der Waals surface area (Å²) >= 11 is 1.79. The fourth-order valence-corrected chi connectivity index (χ4v) is 6.50. The van der Waals surface area contributed by atoms with Gasteiger partial charge < -0.3 is 14.7 Å². The lowest BCUT2D eigenvalue weighted by Crippen LogP contribution is -2.56. The summed E-state index contributed by atoms with van der Waals surface area (Å²) in [6.45, 7) is 3.55. The maximum absolute atomic E-state index is 13.6. The van der Waals surface area contributed by atoms with Crippen molar-refractivity contribution in [2.24, 2.45) is 5.92 Å². The van der Waals surface area contributed by atoms with E-state index in [0.29, 0.717) is 19.8 Å². The molecule has 0 aliphatic carbocycles. The van der Waals surface area contributed by atoms with E-state index in [9.17, 15) is 14.7 Å². The lowest BCUT2D eigenvalue weighted by atomic mass is 9.93. The summed E-state index contributed by atoms with van der Waals surface area (Å²) in [4.78, 5) is 28.9. The molecule has 4 heterocycles. The number of carbonyl (C=O) groups excluding carboxylic acids is 1. The van der Waals surface area contributed by atoms with E-state index in [-0.39, 0.29) is 23.6 Å². The Hall–Kier alpha value is -3.39. The predicted octanol–water partition coefficient (Wildman–Crippen LogP) is 4.11. The largest absolute Gasteiger partial charge is 0.502 e. The highest BCUT2D eigenvalue weighted by molar-refractivity contribution is 7.98. The van der Waals surface area contributed by atoms with Crippen LogP contribution in [0.25, 0.3) is 0 Å². The van der Waals surface area contributed by atoms with Gasteiger partial charge in [0.25, 0.3) is 5.91 Å². The van der Waals surface area contributed by atoms with Crippen LogP contribution in [-0.2, 0) is 5.75 Å². The molecule has 7 nitrogen and oxygen atoms in total. The number of benzene rings is 2. The number of fused-ring (bicyclic) bond motifs is 7. The molecule has 0 spiro atoms. The van der Waals surface area contributed by atoms with Crippen LogP contribution in [0.2, 0.25) is 0 Å². The minimum absolute atomic E-state index is 0.0205. The van der Waals surface area contributed by atoms with Crippen LogP contribution in [0.3, 0.4) is 0 Å². The highest BCUT2D eigenvalue weighted by Gasteiger charge is 2.40. The number of amides is 1. The second-order valence-corrected chi connectivity index (χ2v) is 10.3. The first-order valence-electron chi connectivity index (χ1n) is 12.0. The summed E-state index contributed by atoms with van der Waals surface area (Å²) in [5.74, 6) is 1.06. The van der Waals surface area contributed by atoms with E-state index >= 15 is 0 Å². The molecular weight excluding hydrogens is 462 g/mol. The molecule has 0 radical (unpaired) electrons. The van der Waals surface area contributed by atoms with Gasteiger partial charge >= 0.3 is 0 Å². The standard InChI is InChI=1S/C27H27N3O4S/c1-2-17-11-13-34-21-8-5-6-18-15-35-22-9-4-3-7-19(22)24(23(18)21)30-16-28(14-17)27(33)25-26(32)20(31)10-12-29(25)30/h3-10,12,17,24,32H,2,11,13-16H2,1H3. The molecule has 1 N–H and O–H groups in total. The normalized spacial score (nSPS) is 21.1. The zero-order valence-corrected chi connectivity index (χ0v) is 20.3. The third-order valence-corrected chi connectivity index (χ3v) is 8.44. The van der Waals surface area contributed by atoms with Crippen LogP contribution in [0.5, 0.6) is 11.5 Å². The van der Waals surface area contributed by atoms with Crippen LogP contribution in [0.1, 0.15) is 53.0 Å². The molecule has 2 bridgehead atoms. The third-order valence-electron chi connectivity index (χ3n) is 7.30. The fourth-order valence-electron chi connectivity index (χ4n) is 5.42. The van der Waals surface area contributed by atoms with Crippen LogP contribution in [0, 0.1) is 5.92 Å². The van der Waals surface area contributed by atoms with Gasteiger partial charge in [0.15, 0.2) is 11.4 Å². The average Bonchev–Trinajstić information content (AvgIpc) is 3.05.